The summed E-state index contributed by atoms with van der Waals surface area (Å²) in [5, 5.41) is 1.75. The minimum Gasteiger partial charge on any atom is -0.383 e. The second kappa shape index (κ2) is 6.37. The Bertz CT molecular complexity index is 1100. The van der Waals surface area contributed by atoms with Crippen LogP contribution in [0.25, 0.3) is 16.9 Å². The second-order valence-electron chi connectivity index (χ2n) is 5.57. The van der Waals surface area contributed by atoms with Gasteiger partial charge < -0.3 is 5.73 Å². The molecule has 3 aromatic rings. The van der Waals surface area contributed by atoms with Crippen molar-refractivity contribution in [1.29, 1.82) is 0 Å². The molecule has 0 unspecified atom stereocenters. The van der Waals surface area contributed by atoms with Crippen LogP contribution in [0.4, 0.5) is 45.3 Å². The Labute approximate surface area is 158 Å². The van der Waals surface area contributed by atoms with Crippen LogP contribution in [0.3, 0.4) is 0 Å². The minimum atomic E-state index is -5.26. The van der Waals surface area contributed by atoms with E-state index >= 15 is 0 Å². The molecule has 0 aliphatic rings. The van der Waals surface area contributed by atoms with Gasteiger partial charge in [-0.1, -0.05) is 11.6 Å². The number of nitrogens with two attached hydrogens (primary N) is 1. The summed E-state index contributed by atoms with van der Waals surface area (Å²) in [6, 6.07) is 0.168. The van der Waals surface area contributed by atoms with E-state index in [1.165, 1.54) is 0 Å². The van der Waals surface area contributed by atoms with Crippen molar-refractivity contribution in [3.8, 4) is 5.82 Å². The topological polar surface area (TPSA) is 69.6 Å². The fourth-order valence-corrected chi connectivity index (χ4v) is 2.63. The highest BCUT2D eigenvalue weighted by Crippen LogP contribution is 2.41. The zero-order chi connectivity index (χ0) is 21.9. The van der Waals surface area contributed by atoms with Crippen LogP contribution in [0.1, 0.15) is 16.8 Å². The Morgan fingerprint density at radius 2 is 1.52 bits per heavy atom. The number of nitrogens with zero attached hydrogens (tertiary/aromatic N) is 4. The molecular weight excluding hydrogens is 445 g/mol. The van der Waals surface area contributed by atoms with Gasteiger partial charge in [-0.05, 0) is 12.1 Å². The SMILES string of the molecule is Nc1c2c(C(F)(F)F)cc(C(F)(F)F)nc2nn1-c1ncc(C(F)(F)F)cc1Cl. The Hall–Kier alpha value is -2.77. The predicted octanol–water partition coefficient (Wildman–Crippen LogP) is 5.11. The summed E-state index contributed by atoms with van der Waals surface area (Å²) in [5.41, 5.74) is -0.387. The highest BCUT2D eigenvalue weighted by molar-refractivity contribution is 6.32. The van der Waals surface area contributed by atoms with Gasteiger partial charge in [0.05, 0.1) is 21.5 Å². The van der Waals surface area contributed by atoms with E-state index in [-0.39, 0.29) is 6.07 Å². The molecule has 0 spiro atoms. The number of halogens is 10. The number of aromatic nitrogens is 4. The van der Waals surface area contributed by atoms with Gasteiger partial charge in [0.2, 0.25) is 0 Å². The van der Waals surface area contributed by atoms with Gasteiger partial charge in [-0.25, -0.2) is 9.97 Å². The van der Waals surface area contributed by atoms with Crippen molar-refractivity contribution in [2.45, 2.75) is 18.5 Å². The van der Waals surface area contributed by atoms with E-state index in [2.05, 4.69) is 15.1 Å². The molecule has 15 heteroatoms. The fraction of sp³-hybridized carbons (Fsp3) is 0.214. The van der Waals surface area contributed by atoms with E-state index in [1.807, 2.05) is 0 Å². The van der Waals surface area contributed by atoms with Crippen LogP contribution in [0.2, 0.25) is 5.02 Å². The number of hydrogen-bond donors (Lipinski definition) is 1. The first-order valence-corrected chi connectivity index (χ1v) is 7.55. The van der Waals surface area contributed by atoms with E-state index in [9.17, 15) is 39.5 Å². The lowest BCUT2D eigenvalue weighted by Crippen LogP contribution is -2.13. The molecular formula is C14H5ClF9N5. The summed E-state index contributed by atoms with van der Waals surface area (Å²) in [4.78, 5) is 6.40. The lowest BCUT2D eigenvalue weighted by Gasteiger charge is -2.12. The summed E-state index contributed by atoms with van der Waals surface area (Å²) in [6.45, 7) is 0. The monoisotopic (exact) mass is 449 g/mol. The number of nitrogen functional groups attached to an aromatic ring is 1. The zero-order valence-corrected chi connectivity index (χ0v) is 14.1. The molecule has 3 rings (SSSR count). The van der Waals surface area contributed by atoms with Crippen LogP contribution < -0.4 is 5.73 Å². The number of rotatable bonds is 1. The van der Waals surface area contributed by atoms with E-state index in [0.717, 1.165) is 0 Å². The minimum absolute atomic E-state index is 0.244. The molecule has 0 saturated carbocycles. The number of hydrogen-bond acceptors (Lipinski definition) is 4. The summed E-state index contributed by atoms with van der Waals surface area (Å²) in [6.07, 6.45) is -15.0. The third-order valence-electron chi connectivity index (χ3n) is 3.62. The molecule has 29 heavy (non-hydrogen) atoms. The molecule has 5 nitrogen and oxygen atoms in total. The molecule has 0 atom stereocenters. The maximum absolute atomic E-state index is 13.3. The van der Waals surface area contributed by atoms with Crippen molar-refractivity contribution >= 4 is 28.5 Å². The van der Waals surface area contributed by atoms with Crippen molar-refractivity contribution in [3.05, 3.63) is 40.2 Å². The summed E-state index contributed by atoms with van der Waals surface area (Å²) >= 11 is 5.70. The number of fused-ring (bicyclic) bond motifs is 1. The van der Waals surface area contributed by atoms with Gasteiger partial charge in [0.15, 0.2) is 11.5 Å². The highest BCUT2D eigenvalue weighted by atomic mass is 35.5. The van der Waals surface area contributed by atoms with Crippen molar-refractivity contribution in [2.75, 3.05) is 5.73 Å². The Morgan fingerprint density at radius 1 is 0.897 bits per heavy atom. The van der Waals surface area contributed by atoms with E-state index < -0.39 is 63.0 Å². The van der Waals surface area contributed by atoms with Gasteiger partial charge in [0, 0.05) is 6.20 Å². The predicted molar refractivity (Wildman–Crippen MR) is 81.1 cm³/mol. The van der Waals surface area contributed by atoms with Gasteiger partial charge in [0.1, 0.15) is 11.5 Å². The first-order valence-electron chi connectivity index (χ1n) is 7.17. The van der Waals surface area contributed by atoms with Crippen LogP contribution in [0.15, 0.2) is 18.3 Å². The van der Waals surface area contributed by atoms with Crippen LogP contribution in [-0.2, 0) is 18.5 Å². The molecule has 0 aromatic carbocycles. The third kappa shape index (κ3) is 3.75. The number of pyridine rings is 2. The molecule has 2 N–H and O–H groups in total. The molecule has 3 aromatic heterocycles. The summed E-state index contributed by atoms with van der Waals surface area (Å²) < 4.78 is 117. The van der Waals surface area contributed by atoms with Gasteiger partial charge >= 0.3 is 18.5 Å². The normalized spacial score (nSPS) is 13.3. The van der Waals surface area contributed by atoms with Crippen LogP contribution in [0.5, 0.6) is 0 Å². The Morgan fingerprint density at radius 3 is 2.00 bits per heavy atom. The maximum Gasteiger partial charge on any atom is 0.433 e. The maximum atomic E-state index is 13.3. The molecule has 0 aliphatic heterocycles. The molecule has 3 heterocycles. The van der Waals surface area contributed by atoms with Gasteiger partial charge in [-0.2, -0.15) is 44.2 Å². The number of anilines is 1. The molecule has 0 bridgehead atoms. The van der Waals surface area contributed by atoms with Crippen molar-refractivity contribution < 1.29 is 39.5 Å². The molecule has 0 radical (unpaired) electrons. The van der Waals surface area contributed by atoms with E-state index in [4.69, 9.17) is 17.3 Å². The quantitative estimate of drug-likeness (QED) is 0.524. The average Bonchev–Trinajstić information content (AvgIpc) is 2.88. The van der Waals surface area contributed by atoms with E-state index in [1.54, 1.807) is 0 Å². The Balaban J connectivity index is 2.31. The largest absolute Gasteiger partial charge is 0.433 e. The molecule has 0 aliphatic carbocycles. The van der Waals surface area contributed by atoms with Crippen molar-refractivity contribution in [2.24, 2.45) is 0 Å². The van der Waals surface area contributed by atoms with Crippen LogP contribution in [-0.4, -0.2) is 19.7 Å². The first-order chi connectivity index (χ1) is 13.1. The van der Waals surface area contributed by atoms with Crippen LogP contribution in [0, 0.1) is 0 Å². The smallest absolute Gasteiger partial charge is 0.383 e. The lowest BCUT2D eigenvalue weighted by atomic mass is 10.1. The van der Waals surface area contributed by atoms with Crippen molar-refractivity contribution in [3.63, 3.8) is 0 Å². The average molecular weight is 450 g/mol. The molecule has 0 saturated heterocycles. The standard InChI is InChI=1S/C14H5ClF9N5/c15-6-1-4(12(16,17)18)3-26-11(6)29-9(25)8-5(13(19,20)21)2-7(14(22,23)24)27-10(8)28-29/h1-3H,25H2. The molecule has 156 valence electrons. The number of alkyl halides is 9. The van der Waals surface area contributed by atoms with E-state index in [0.29, 0.717) is 16.9 Å². The zero-order valence-electron chi connectivity index (χ0n) is 13.4. The highest BCUT2D eigenvalue weighted by Gasteiger charge is 2.41. The lowest BCUT2D eigenvalue weighted by molar-refractivity contribution is -0.144. The van der Waals surface area contributed by atoms with Crippen molar-refractivity contribution in [1.82, 2.24) is 19.7 Å². The van der Waals surface area contributed by atoms with Gasteiger partial charge in [-0.3, -0.25) is 0 Å². The van der Waals surface area contributed by atoms with Gasteiger partial charge in [0.25, 0.3) is 0 Å². The third-order valence-corrected chi connectivity index (χ3v) is 3.90. The van der Waals surface area contributed by atoms with Crippen LogP contribution >= 0.6 is 11.6 Å². The summed E-state index contributed by atoms with van der Waals surface area (Å²) in [5.74, 6) is -1.49. The fourth-order valence-electron chi connectivity index (χ4n) is 2.38. The van der Waals surface area contributed by atoms with Gasteiger partial charge in [-0.15, -0.1) is 5.10 Å². The molecule has 0 amide bonds. The Kier molecular flexibility index (Phi) is 4.60. The molecule has 0 fully saturated rings. The first kappa shape index (κ1) is 21.0. The second-order valence-corrected chi connectivity index (χ2v) is 5.98. The summed E-state index contributed by atoms with van der Waals surface area (Å²) in [7, 11) is 0.